The van der Waals surface area contributed by atoms with Crippen molar-refractivity contribution in [2.75, 3.05) is 24.2 Å². The van der Waals surface area contributed by atoms with Crippen LogP contribution in [0.2, 0.25) is 0 Å². The molecule has 0 amide bonds. The Morgan fingerprint density at radius 1 is 1.16 bits per heavy atom. The Labute approximate surface area is 236 Å². The summed E-state index contributed by atoms with van der Waals surface area (Å²) in [7, 11) is -3.57. The van der Waals surface area contributed by atoms with Crippen LogP contribution in [0.25, 0.3) is 0 Å². The number of nitrogens with one attached hydrogen (secondary N) is 1. The molecule has 2 aromatic rings. The Morgan fingerprint density at radius 2 is 1.76 bits per heavy atom. The molecule has 0 spiro atoms. The van der Waals surface area contributed by atoms with Crippen molar-refractivity contribution < 1.29 is 8.42 Å². The Balaban J connectivity index is 0. The van der Waals surface area contributed by atoms with Gasteiger partial charge in [0.2, 0.25) is 10.0 Å². The van der Waals surface area contributed by atoms with E-state index in [0.717, 1.165) is 16.9 Å². The Hall–Kier alpha value is -2.98. The lowest BCUT2D eigenvalue weighted by Gasteiger charge is -2.24. The molecule has 0 fully saturated rings. The minimum absolute atomic E-state index is 0.241. The maximum Gasteiger partial charge on any atom is 0.249 e. The predicted octanol–water partition coefficient (Wildman–Crippen LogP) is 6.93. The summed E-state index contributed by atoms with van der Waals surface area (Å²) in [4.78, 5) is 9.26. The molecule has 1 aromatic carbocycles. The highest BCUT2D eigenvalue weighted by atomic mass is 32.3. The first-order chi connectivity index (χ1) is 18.3. The van der Waals surface area contributed by atoms with Gasteiger partial charge in [0.15, 0.2) is 0 Å². The van der Waals surface area contributed by atoms with Crippen LogP contribution in [0.5, 0.6) is 0 Å². The van der Waals surface area contributed by atoms with Crippen molar-refractivity contribution in [2.24, 2.45) is 0 Å². The minimum Gasteiger partial charge on any atom is -0.364 e. The Morgan fingerprint density at radius 3 is 2.21 bits per heavy atom. The van der Waals surface area contributed by atoms with Crippen molar-refractivity contribution >= 4 is 27.5 Å². The van der Waals surface area contributed by atoms with Gasteiger partial charge in [0.1, 0.15) is 4.24 Å². The van der Waals surface area contributed by atoms with E-state index >= 15 is 0 Å². The molecule has 0 bridgehead atoms. The highest BCUT2D eigenvalue weighted by Crippen LogP contribution is 2.31. The maximum atomic E-state index is 13.0. The van der Waals surface area contributed by atoms with Gasteiger partial charge in [-0.05, 0) is 57.7 Å². The van der Waals surface area contributed by atoms with Gasteiger partial charge in [-0.1, -0.05) is 45.4 Å². The molecule has 9 heteroatoms. The van der Waals surface area contributed by atoms with Crippen LogP contribution in [-0.4, -0.2) is 42.0 Å². The average Bonchev–Trinajstić information content (AvgIpc) is 3.40. The number of fused-ring (bicyclic) bond motifs is 1. The van der Waals surface area contributed by atoms with E-state index in [-0.39, 0.29) is 6.54 Å². The second-order valence-corrected chi connectivity index (χ2v) is 10.5. The van der Waals surface area contributed by atoms with Crippen LogP contribution in [0.3, 0.4) is 0 Å². The van der Waals surface area contributed by atoms with E-state index in [9.17, 15) is 13.7 Å². The van der Waals surface area contributed by atoms with Gasteiger partial charge in [0.25, 0.3) is 0 Å². The Kier molecular flexibility index (Phi) is 20.6. The number of aromatic amines is 1. The lowest BCUT2D eigenvalue weighted by Crippen LogP contribution is -2.35. The van der Waals surface area contributed by atoms with Gasteiger partial charge in [-0.3, -0.25) is 0 Å². The molecule has 38 heavy (non-hydrogen) atoms. The number of thioether (sulfide) groups is 1. The first-order valence-corrected chi connectivity index (χ1v) is 15.3. The van der Waals surface area contributed by atoms with E-state index in [2.05, 4.69) is 53.7 Å². The molecule has 1 aliphatic heterocycles. The molecular formula is C29H45N5O2S2. The zero-order chi connectivity index (χ0) is 29.7. The average molecular weight is 560 g/mol. The molecule has 0 radical (unpaired) electrons. The SMILES string of the molecule is C#C.C/C=C(\SC)S(=O)(=O)N1CCN(Cc2cnc[nH]2)c2ccc(C#N)cc2C1.CC.CC.CC=C(C)C. The molecule has 1 N–H and O–H groups in total. The number of aromatic nitrogens is 2. The normalized spacial score (nSPS) is 12.6. The number of hydrogen-bond acceptors (Lipinski definition) is 6. The number of nitrogens with zero attached hydrogens (tertiary/aromatic N) is 4. The van der Waals surface area contributed by atoms with Crippen molar-refractivity contribution in [3.63, 3.8) is 0 Å². The summed E-state index contributed by atoms with van der Waals surface area (Å²) < 4.78 is 27.9. The lowest BCUT2D eigenvalue weighted by molar-refractivity contribution is 0.424. The third kappa shape index (κ3) is 11.6. The summed E-state index contributed by atoms with van der Waals surface area (Å²) in [6, 6.07) is 7.57. The first-order valence-electron chi connectivity index (χ1n) is 12.6. The largest absolute Gasteiger partial charge is 0.364 e. The number of H-pyrrole nitrogens is 1. The van der Waals surface area contributed by atoms with Gasteiger partial charge in [0.05, 0.1) is 30.2 Å². The number of benzene rings is 1. The predicted molar refractivity (Wildman–Crippen MR) is 165 cm³/mol. The quantitative estimate of drug-likeness (QED) is 0.315. The van der Waals surface area contributed by atoms with Crippen LogP contribution in [-0.2, 0) is 23.1 Å². The molecule has 0 aliphatic carbocycles. The molecule has 0 atom stereocenters. The summed E-state index contributed by atoms with van der Waals surface area (Å²) in [5, 5.41) is 9.25. The van der Waals surface area contributed by atoms with Crippen molar-refractivity contribution in [1.82, 2.24) is 14.3 Å². The van der Waals surface area contributed by atoms with Crippen LogP contribution in [0, 0.1) is 24.2 Å². The lowest BCUT2D eigenvalue weighted by atomic mass is 10.1. The fraction of sp³-hybridized carbons (Fsp3) is 0.448. The standard InChI is InChI=1S/C18H21N5O2S2.C5H10.2C2H6.C2H2/c1-3-18(26-2)27(24,25)23-7-6-22(12-16-10-20-13-21-16)17-5-4-14(9-19)8-15(17)11-23;1-4-5(2)3;3*1-2/h3-5,8,10,13H,6-7,11-12H2,1-2H3,(H,20,21);4H,1-3H3;2*1-2H3;1-2H/b18-3+;;;;. The second-order valence-electron chi connectivity index (χ2n) is 7.47. The van der Waals surface area contributed by atoms with Crippen LogP contribution >= 0.6 is 11.8 Å². The number of allylic oxidation sites excluding steroid dienone is 3. The van der Waals surface area contributed by atoms with Crippen LogP contribution in [0.4, 0.5) is 5.69 Å². The van der Waals surface area contributed by atoms with Crippen molar-refractivity contribution in [1.29, 1.82) is 5.26 Å². The van der Waals surface area contributed by atoms with Crippen molar-refractivity contribution in [3.8, 4) is 18.9 Å². The van der Waals surface area contributed by atoms with E-state index in [0.29, 0.717) is 29.4 Å². The highest BCUT2D eigenvalue weighted by Gasteiger charge is 2.30. The zero-order valence-corrected chi connectivity index (χ0v) is 26.1. The van der Waals surface area contributed by atoms with Crippen molar-refractivity contribution in [2.45, 2.75) is 68.5 Å². The number of hydrogen-bond donors (Lipinski definition) is 1. The molecule has 0 unspecified atom stereocenters. The van der Waals surface area contributed by atoms with E-state index in [1.807, 2.05) is 40.7 Å². The van der Waals surface area contributed by atoms with E-state index in [4.69, 9.17) is 0 Å². The highest BCUT2D eigenvalue weighted by molar-refractivity contribution is 8.17. The monoisotopic (exact) mass is 559 g/mol. The summed E-state index contributed by atoms with van der Waals surface area (Å²) >= 11 is 1.22. The Bertz CT molecular complexity index is 1140. The van der Waals surface area contributed by atoms with Crippen LogP contribution in [0.15, 0.2) is 52.7 Å². The second kappa shape index (κ2) is 21.0. The molecule has 2 heterocycles. The minimum atomic E-state index is -3.57. The number of nitriles is 1. The summed E-state index contributed by atoms with van der Waals surface area (Å²) in [6.07, 6.45) is 16.9. The molecule has 210 valence electrons. The smallest absolute Gasteiger partial charge is 0.249 e. The molecule has 1 aliphatic rings. The number of imidazole rings is 1. The fourth-order valence-corrected chi connectivity index (χ4v) is 5.74. The van der Waals surface area contributed by atoms with Gasteiger partial charge < -0.3 is 9.88 Å². The van der Waals surface area contributed by atoms with Gasteiger partial charge in [-0.15, -0.1) is 24.6 Å². The molecule has 7 nitrogen and oxygen atoms in total. The topological polar surface area (TPSA) is 93.1 Å². The number of rotatable bonds is 5. The van der Waals surface area contributed by atoms with E-state index < -0.39 is 10.0 Å². The van der Waals surface area contributed by atoms with Gasteiger partial charge >= 0.3 is 0 Å². The molecule has 0 saturated carbocycles. The fourth-order valence-electron chi connectivity index (χ4n) is 3.16. The van der Waals surface area contributed by atoms with E-state index in [1.54, 1.807) is 43.9 Å². The number of sulfonamides is 1. The van der Waals surface area contributed by atoms with Crippen LogP contribution < -0.4 is 4.90 Å². The molecule has 0 saturated heterocycles. The van der Waals surface area contributed by atoms with E-state index in [1.165, 1.54) is 21.6 Å². The number of terminal acetylenes is 1. The molecule has 1 aromatic heterocycles. The van der Waals surface area contributed by atoms with Gasteiger partial charge in [-0.25, -0.2) is 13.4 Å². The number of anilines is 1. The van der Waals surface area contributed by atoms with Crippen LogP contribution in [0.1, 0.15) is 72.2 Å². The van der Waals surface area contributed by atoms with Gasteiger partial charge in [0, 0.05) is 31.5 Å². The third-order valence-corrected chi connectivity index (χ3v) is 8.55. The van der Waals surface area contributed by atoms with Crippen molar-refractivity contribution in [3.05, 3.63) is 69.5 Å². The zero-order valence-electron chi connectivity index (χ0n) is 24.4. The summed E-state index contributed by atoms with van der Waals surface area (Å²) in [5.74, 6) is 0. The summed E-state index contributed by atoms with van der Waals surface area (Å²) in [5.41, 5.74) is 4.61. The molecular weight excluding hydrogens is 514 g/mol. The first kappa shape index (κ1) is 37.2. The maximum absolute atomic E-state index is 13.0. The third-order valence-electron chi connectivity index (χ3n) is 5.04. The summed E-state index contributed by atoms with van der Waals surface area (Å²) in [6.45, 7) is 17.7. The van der Waals surface area contributed by atoms with Gasteiger partial charge in [-0.2, -0.15) is 9.57 Å². The molecule has 3 rings (SSSR count).